The van der Waals surface area contributed by atoms with Gasteiger partial charge in [-0.3, -0.25) is 0 Å². The molecule has 0 aromatic rings. The van der Waals surface area contributed by atoms with Crippen LogP contribution in [0.4, 0.5) is 4.79 Å². The third-order valence-corrected chi connectivity index (χ3v) is 12.2. The van der Waals surface area contributed by atoms with Crippen LogP contribution in [-0.4, -0.2) is 51.5 Å². The number of carbonyl (C=O) groups excluding carboxylic acids is 1. The lowest BCUT2D eigenvalue weighted by Gasteiger charge is -2.55. The minimum Gasteiger partial charge on any atom is -0.446 e. The molecule has 248 valence electrons. The predicted molar refractivity (Wildman–Crippen MR) is 180 cm³/mol. The molecule has 4 aliphatic rings. The molecule has 0 bridgehead atoms. The maximum Gasteiger partial charge on any atom is 0.407 e. The van der Waals surface area contributed by atoms with Crippen LogP contribution in [0, 0.1) is 46.8 Å². The van der Waals surface area contributed by atoms with E-state index in [0.29, 0.717) is 12.0 Å². The Balaban J connectivity index is 1.14. The summed E-state index contributed by atoms with van der Waals surface area (Å²) in [4.78, 5) is 12.6. The van der Waals surface area contributed by atoms with Crippen molar-refractivity contribution in [1.29, 1.82) is 0 Å². The minimum absolute atomic E-state index is 0.0337. The van der Waals surface area contributed by atoms with Crippen molar-refractivity contribution in [3.8, 4) is 0 Å². The number of nitrogens with two attached hydrogens (primary N) is 1. The van der Waals surface area contributed by atoms with E-state index in [1.807, 2.05) is 0 Å². The number of amides is 1. The minimum atomic E-state index is -0.230. The summed E-state index contributed by atoms with van der Waals surface area (Å²) in [5.41, 5.74) is 7.43. The van der Waals surface area contributed by atoms with Gasteiger partial charge in [-0.1, -0.05) is 58.6 Å². The fourth-order valence-corrected chi connectivity index (χ4v) is 9.77. The van der Waals surface area contributed by atoms with E-state index >= 15 is 0 Å². The summed E-state index contributed by atoms with van der Waals surface area (Å²) < 4.78 is 5.95. The highest BCUT2D eigenvalue weighted by molar-refractivity contribution is 5.67. The van der Waals surface area contributed by atoms with Crippen LogP contribution in [0.25, 0.3) is 0 Å². The number of rotatable bonds is 18. The van der Waals surface area contributed by atoms with Crippen molar-refractivity contribution in [2.75, 3.05) is 39.3 Å². The highest BCUT2D eigenvalue weighted by atomic mass is 16.6. The van der Waals surface area contributed by atoms with Crippen LogP contribution < -0.4 is 21.7 Å². The third-order valence-electron chi connectivity index (χ3n) is 12.2. The Morgan fingerprint density at radius 2 is 1.60 bits per heavy atom. The number of hydrogen-bond acceptors (Lipinski definition) is 5. The SMILES string of the molecule is CC(C)CCC[C@@H](C)[C@H]1CC[C@@H]2[C@@H]1CC[C@H]1[C@H]2CC=C2C[C@@H](OC(=O)NCCCNCCCCNCCCN)CC[C@@]21C. The van der Waals surface area contributed by atoms with E-state index in [0.717, 1.165) is 99.8 Å². The smallest absolute Gasteiger partial charge is 0.407 e. The van der Waals surface area contributed by atoms with E-state index in [4.69, 9.17) is 10.5 Å². The van der Waals surface area contributed by atoms with Crippen molar-refractivity contribution < 1.29 is 9.53 Å². The number of nitrogens with one attached hydrogen (secondary N) is 3. The first kappa shape index (κ1) is 34.8. The lowest BCUT2D eigenvalue weighted by molar-refractivity contribution is -0.0182. The first-order valence-electron chi connectivity index (χ1n) is 18.6. The summed E-state index contributed by atoms with van der Waals surface area (Å²) in [6, 6.07) is 0. The summed E-state index contributed by atoms with van der Waals surface area (Å²) in [5, 5.41) is 9.91. The van der Waals surface area contributed by atoms with Crippen LogP contribution in [0.1, 0.15) is 124 Å². The third kappa shape index (κ3) is 9.69. The van der Waals surface area contributed by atoms with Crippen LogP contribution >= 0.6 is 0 Å². The van der Waals surface area contributed by atoms with E-state index in [2.05, 4.69) is 49.7 Å². The molecular formula is C37H68N4O2. The quantitative estimate of drug-likeness (QED) is 0.0971. The monoisotopic (exact) mass is 601 g/mol. The Hall–Kier alpha value is -1.11. The maximum absolute atomic E-state index is 12.6. The predicted octanol–water partition coefficient (Wildman–Crippen LogP) is 7.43. The molecule has 1 amide bonds. The van der Waals surface area contributed by atoms with Gasteiger partial charge < -0.3 is 26.4 Å². The second-order valence-electron chi connectivity index (χ2n) is 15.5. The highest BCUT2D eigenvalue weighted by Crippen LogP contribution is 2.63. The Bertz CT molecular complexity index is 862. The summed E-state index contributed by atoms with van der Waals surface area (Å²) >= 11 is 0. The molecule has 3 fully saturated rings. The van der Waals surface area contributed by atoms with Gasteiger partial charge in [0.15, 0.2) is 0 Å². The topological polar surface area (TPSA) is 88.4 Å². The van der Waals surface area contributed by atoms with Crippen LogP contribution in [-0.2, 0) is 4.74 Å². The molecule has 0 heterocycles. The van der Waals surface area contributed by atoms with Gasteiger partial charge in [-0.2, -0.15) is 0 Å². The Morgan fingerprint density at radius 1 is 0.884 bits per heavy atom. The molecule has 0 saturated heterocycles. The van der Waals surface area contributed by atoms with E-state index in [1.54, 1.807) is 5.57 Å². The summed E-state index contributed by atoms with van der Waals surface area (Å²) in [6.07, 6.45) is 21.2. The molecule has 0 aliphatic heterocycles. The molecular weight excluding hydrogens is 532 g/mol. The van der Waals surface area contributed by atoms with Crippen LogP contribution in [0.3, 0.4) is 0 Å². The fourth-order valence-electron chi connectivity index (χ4n) is 9.77. The number of ether oxygens (including phenoxy) is 1. The van der Waals surface area contributed by atoms with Crippen molar-refractivity contribution in [2.24, 2.45) is 52.6 Å². The van der Waals surface area contributed by atoms with E-state index < -0.39 is 0 Å². The summed E-state index contributed by atoms with van der Waals surface area (Å²) in [7, 11) is 0. The van der Waals surface area contributed by atoms with Crippen molar-refractivity contribution in [2.45, 2.75) is 130 Å². The summed E-state index contributed by atoms with van der Waals surface area (Å²) in [6.45, 7) is 15.3. The summed E-state index contributed by atoms with van der Waals surface area (Å²) in [5.74, 6) is 6.34. The van der Waals surface area contributed by atoms with Crippen LogP contribution in [0.15, 0.2) is 11.6 Å². The zero-order valence-corrected chi connectivity index (χ0v) is 28.4. The van der Waals surface area contributed by atoms with Crippen molar-refractivity contribution in [1.82, 2.24) is 16.0 Å². The van der Waals surface area contributed by atoms with Gasteiger partial charge in [0.05, 0.1) is 0 Å². The molecule has 6 heteroatoms. The van der Waals surface area contributed by atoms with Crippen LogP contribution in [0.2, 0.25) is 0 Å². The van der Waals surface area contributed by atoms with E-state index in [-0.39, 0.29) is 12.2 Å². The highest BCUT2D eigenvalue weighted by Gasteiger charge is 2.54. The molecule has 0 radical (unpaired) electrons. The standard InChI is InChI=1S/C37H68N4O2/c1-27(2)10-7-11-28(3)31-14-15-33-32(31)16-17-35-34(33)13-12-29-26-30(18-19-37(29,35)4)43-36(42)41-25-9-24-40-22-6-5-21-39-23-8-20-38/h12,27-28,30-35,39-40H,5-11,13-26,38H2,1-4H3,(H,41,42)/t28-,30+,31-,32-,33-,34+,35+,37+/m1/s1. The second kappa shape index (κ2) is 17.5. The molecule has 0 aromatic heterocycles. The average molecular weight is 601 g/mol. The Kier molecular flexibility index (Phi) is 14.2. The maximum atomic E-state index is 12.6. The average Bonchev–Trinajstić information content (AvgIpc) is 3.42. The van der Waals surface area contributed by atoms with E-state index in [9.17, 15) is 4.79 Å². The molecule has 5 N–H and O–H groups in total. The largest absolute Gasteiger partial charge is 0.446 e. The van der Waals surface area contributed by atoms with Gasteiger partial charge in [-0.05, 0) is 150 Å². The molecule has 0 aromatic carbocycles. The lowest BCUT2D eigenvalue weighted by atomic mass is 9.50. The number of fused-ring (bicyclic) bond motifs is 5. The Morgan fingerprint density at radius 3 is 2.35 bits per heavy atom. The van der Waals surface area contributed by atoms with Crippen molar-refractivity contribution in [3.05, 3.63) is 11.6 Å². The molecule has 8 atom stereocenters. The molecule has 4 rings (SSSR count). The molecule has 0 spiro atoms. The number of alkyl carbamates (subject to hydrolysis) is 1. The normalized spacial score (nSPS) is 32.5. The van der Waals surface area contributed by atoms with Gasteiger partial charge in [0.25, 0.3) is 0 Å². The van der Waals surface area contributed by atoms with Crippen molar-refractivity contribution >= 4 is 6.09 Å². The lowest BCUT2D eigenvalue weighted by Crippen LogP contribution is -2.48. The number of allylic oxidation sites excluding steroid dienone is 1. The van der Waals surface area contributed by atoms with Crippen molar-refractivity contribution in [3.63, 3.8) is 0 Å². The van der Waals surface area contributed by atoms with Crippen LogP contribution in [0.5, 0.6) is 0 Å². The molecule has 6 nitrogen and oxygen atoms in total. The van der Waals surface area contributed by atoms with Gasteiger partial charge in [-0.15, -0.1) is 0 Å². The second-order valence-corrected chi connectivity index (χ2v) is 15.5. The van der Waals surface area contributed by atoms with Gasteiger partial charge in [0.2, 0.25) is 0 Å². The van der Waals surface area contributed by atoms with Gasteiger partial charge >= 0.3 is 6.09 Å². The zero-order valence-electron chi connectivity index (χ0n) is 28.4. The van der Waals surface area contributed by atoms with E-state index in [1.165, 1.54) is 70.6 Å². The molecule has 43 heavy (non-hydrogen) atoms. The molecule has 4 aliphatic carbocycles. The van der Waals surface area contributed by atoms with Gasteiger partial charge in [-0.25, -0.2) is 4.79 Å². The van der Waals surface area contributed by atoms with Gasteiger partial charge in [0.1, 0.15) is 6.10 Å². The fraction of sp³-hybridized carbons (Fsp3) is 0.919. The Labute approximate surface area is 264 Å². The molecule has 0 unspecified atom stereocenters. The number of carbonyl (C=O) groups is 1. The molecule has 3 saturated carbocycles. The number of unbranched alkanes of at least 4 members (excludes halogenated alkanes) is 1. The zero-order chi connectivity index (χ0) is 30.7. The van der Waals surface area contributed by atoms with Gasteiger partial charge in [0, 0.05) is 13.0 Å². The first-order valence-corrected chi connectivity index (χ1v) is 18.6. The number of hydrogen-bond donors (Lipinski definition) is 4. The first-order chi connectivity index (χ1) is 20.8.